The van der Waals surface area contributed by atoms with Gasteiger partial charge in [0.15, 0.2) is 11.6 Å². The van der Waals surface area contributed by atoms with Crippen LogP contribution in [-0.2, 0) is 6.42 Å². The molecule has 2 amide bonds. The van der Waals surface area contributed by atoms with Gasteiger partial charge < -0.3 is 10.6 Å². The molecule has 3 rings (SSSR count). The number of Topliss-reactive ketones (excluding diaryl/α,β-unsaturated/α-hetero) is 2. The maximum absolute atomic E-state index is 13.2. The second-order valence-corrected chi connectivity index (χ2v) is 9.53. The predicted molar refractivity (Wildman–Crippen MR) is 137 cm³/mol. The van der Waals surface area contributed by atoms with Crippen LogP contribution < -0.4 is 10.6 Å². The largest absolute Gasteiger partial charge is 0.338 e. The molecule has 0 saturated carbocycles. The lowest BCUT2D eigenvalue weighted by molar-refractivity contribution is 0.0966. The summed E-state index contributed by atoms with van der Waals surface area (Å²) < 4.78 is 26.3. The summed E-state index contributed by atoms with van der Waals surface area (Å²) in [7, 11) is 0. The molecule has 36 heavy (non-hydrogen) atoms. The molecule has 2 aromatic carbocycles. The number of carbonyl (C=O) groups is 3. The smallest absolute Gasteiger partial charge is 0.319 e. The van der Waals surface area contributed by atoms with Gasteiger partial charge in [-0.3, -0.25) is 14.5 Å². The van der Waals surface area contributed by atoms with Crippen molar-refractivity contribution in [2.24, 2.45) is 5.92 Å². The maximum atomic E-state index is 13.2. The van der Waals surface area contributed by atoms with E-state index in [9.17, 15) is 23.2 Å². The van der Waals surface area contributed by atoms with Crippen LogP contribution in [0.5, 0.6) is 0 Å². The lowest BCUT2D eigenvalue weighted by Crippen LogP contribution is -2.44. The van der Waals surface area contributed by atoms with Gasteiger partial charge in [0.1, 0.15) is 12.5 Å². The Kier molecular flexibility index (Phi) is 10.1. The van der Waals surface area contributed by atoms with Crippen LogP contribution in [0.2, 0.25) is 0 Å². The van der Waals surface area contributed by atoms with Gasteiger partial charge in [0.2, 0.25) is 0 Å². The summed E-state index contributed by atoms with van der Waals surface area (Å²) in [5, 5.41) is 5.52. The third kappa shape index (κ3) is 8.22. The predicted octanol–water partition coefficient (Wildman–Crippen LogP) is 5.43. The summed E-state index contributed by atoms with van der Waals surface area (Å²) in [6, 6.07) is 11.1. The first-order valence-corrected chi connectivity index (χ1v) is 12.5. The van der Waals surface area contributed by atoms with Crippen LogP contribution in [0.3, 0.4) is 0 Å². The molecule has 2 aromatic rings. The molecule has 194 valence electrons. The number of ketones is 2. The van der Waals surface area contributed by atoms with E-state index < -0.39 is 6.03 Å². The number of halogens is 2. The number of piperidine rings is 1. The van der Waals surface area contributed by atoms with E-state index in [1.165, 1.54) is 32.0 Å². The molecule has 6 nitrogen and oxygen atoms in total. The van der Waals surface area contributed by atoms with Gasteiger partial charge in [0.05, 0.1) is 0 Å². The van der Waals surface area contributed by atoms with E-state index in [2.05, 4.69) is 15.5 Å². The molecule has 1 heterocycles. The fraction of sp³-hybridized carbons (Fsp3) is 0.464. The van der Waals surface area contributed by atoms with Crippen molar-refractivity contribution in [3.63, 3.8) is 0 Å². The maximum Gasteiger partial charge on any atom is 0.319 e. The van der Waals surface area contributed by atoms with Gasteiger partial charge in [-0.25, -0.2) is 13.6 Å². The van der Waals surface area contributed by atoms with Crippen LogP contribution in [0.1, 0.15) is 65.8 Å². The van der Waals surface area contributed by atoms with E-state index in [-0.39, 0.29) is 30.1 Å². The van der Waals surface area contributed by atoms with E-state index >= 15 is 0 Å². The Morgan fingerprint density at radius 1 is 1.03 bits per heavy atom. The van der Waals surface area contributed by atoms with E-state index in [4.69, 9.17) is 0 Å². The van der Waals surface area contributed by atoms with Crippen molar-refractivity contribution < 1.29 is 23.2 Å². The number of anilines is 1. The Bertz CT molecular complexity index is 1030. The quantitative estimate of drug-likeness (QED) is 0.319. The number of hydrogen-bond donors (Lipinski definition) is 2. The molecule has 0 aromatic heterocycles. The van der Waals surface area contributed by atoms with Gasteiger partial charge in [-0.2, -0.15) is 0 Å². The van der Waals surface area contributed by atoms with Crippen molar-refractivity contribution >= 4 is 23.3 Å². The zero-order chi connectivity index (χ0) is 26.1. The Balaban J connectivity index is 1.49. The average molecular weight is 500 g/mol. The molecular weight excluding hydrogens is 464 g/mol. The summed E-state index contributed by atoms with van der Waals surface area (Å²) in [5.74, 6) is -0.164. The van der Waals surface area contributed by atoms with Gasteiger partial charge in [-0.05, 0) is 94.3 Å². The van der Waals surface area contributed by atoms with Gasteiger partial charge in [-0.15, -0.1) is 0 Å². The molecule has 0 bridgehead atoms. The minimum Gasteiger partial charge on any atom is -0.338 e. The fourth-order valence-electron chi connectivity index (χ4n) is 4.85. The van der Waals surface area contributed by atoms with E-state index in [0.717, 1.165) is 44.2 Å². The molecule has 1 aliphatic heterocycles. The third-order valence-corrected chi connectivity index (χ3v) is 6.76. The number of benzene rings is 2. The van der Waals surface area contributed by atoms with Gasteiger partial charge in [0, 0.05) is 35.9 Å². The van der Waals surface area contributed by atoms with E-state index in [1.807, 2.05) is 12.1 Å². The van der Waals surface area contributed by atoms with E-state index in [0.29, 0.717) is 35.8 Å². The van der Waals surface area contributed by atoms with Crippen molar-refractivity contribution in [1.29, 1.82) is 0 Å². The van der Waals surface area contributed by atoms with Gasteiger partial charge >= 0.3 is 6.03 Å². The Morgan fingerprint density at radius 2 is 1.69 bits per heavy atom. The molecule has 0 aliphatic carbocycles. The van der Waals surface area contributed by atoms with Gasteiger partial charge in [0.25, 0.3) is 0 Å². The number of carbonyl (C=O) groups excluding carboxylic acids is 3. The minimum absolute atomic E-state index is 0.190. The number of amides is 2. The lowest BCUT2D eigenvalue weighted by Gasteiger charge is -2.39. The molecule has 2 atom stereocenters. The Hall–Kier alpha value is -3.13. The van der Waals surface area contributed by atoms with Crippen LogP contribution in [-0.4, -0.2) is 54.8 Å². The summed E-state index contributed by atoms with van der Waals surface area (Å²) in [6.07, 6.45) is 4.36. The van der Waals surface area contributed by atoms with Crippen molar-refractivity contribution in [3.05, 3.63) is 65.0 Å². The standard InChI is InChI=1S/C28H35F2N3O3/c1-19(34)23-16-24(20(2)35)18-26(17-23)32-28(36)31-11-3-4-27-15-22(9-12-33(27)13-10-29)14-21-5-7-25(30)8-6-21/h5-8,16-18,22,27H,3-4,9-15H2,1-2H3,(H2,31,32,36)/t22?,27-/m0/s1. The number of hydrogen-bond acceptors (Lipinski definition) is 4. The molecular formula is C28H35F2N3O3. The fourth-order valence-corrected chi connectivity index (χ4v) is 4.85. The topological polar surface area (TPSA) is 78.5 Å². The van der Waals surface area contributed by atoms with E-state index in [1.54, 1.807) is 12.1 Å². The summed E-state index contributed by atoms with van der Waals surface area (Å²) in [6.45, 7) is 4.11. The second-order valence-electron chi connectivity index (χ2n) is 9.53. The number of nitrogens with zero attached hydrogens (tertiary/aromatic N) is 1. The number of nitrogens with one attached hydrogen (secondary N) is 2. The monoisotopic (exact) mass is 499 g/mol. The highest BCUT2D eigenvalue weighted by atomic mass is 19.1. The molecule has 1 fully saturated rings. The van der Waals surface area contributed by atoms with Crippen molar-refractivity contribution in [3.8, 4) is 0 Å². The molecule has 1 aliphatic rings. The number of urea groups is 1. The van der Waals surface area contributed by atoms with Gasteiger partial charge in [-0.1, -0.05) is 12.1 Å². The summed E-state index contributed by atoms with van der Waals surface area (Å²) >= 11 is 0. The zero-order valence-electron chi connectivity index (χ0n) is 21.0. The molecule has 0 spiro atoms. The summed E-state index contributed by atoms with van der Waals surface area (Å²) in [4.78, 5) is 38.1. The molecule has 2 N–H and O–H groups in total. The first-order chi connectivity index (χ1) is 17.2. The first-order valence-electron chi connectivity index (χ1n) is 12.5. The van der Waals surface area contributed by atoms with Crippen molar-refractivity contribution in [2.75, 3.05) is 31.6 Å². The number of rotatable bonds is 11. The Morgan fingerprint density at radius 3 is 2.31 bits per heavy atom. The molecule has 1 unspecified atom stereocenters. The highest BCUT2D eigenvalue weighted by molar-refractivity contribution is 6.02. The van der Waals surface area contributed by atoms with Crippen LogP contribution in [0.15, 0.2) is 42.5 Å². The minimum atomic E-state index is -0.413. The SMILES string of the molecule is CC(=O)c1cc(NC(=O)NCCC[C@H]2CC(Cc3ccc(F)cc3)CCN2CCF)cc(C(C)=O)c1. The highest BCUT2D eigenvalue weighted by Gasteiger charge is 2.28. The third-order valence-electron chi connectivity index (χ3n) is 6.76. The molecule has 8 heteroatoms. The molecule has 1 saturated heterocycles. The first kappa shape index (κ1) is 27.5. The number of alkyl halides is 1. The van der Waals surface area contributed by atoms with Crippen LogP contribution in [0.4, 0.5) is 19.3 Å². The van der Waals surface area contributed by atoms with Crippen LogP contribution >= 0.6 is 0 Å². The Labute approximate surface area is 211 Å². The highest BCUT2D eigenvalue weighted by Crippen LogP contribution is 2.28. The average Bonchev–Trinajstić information content (AvgIpc) is 2.84. The van der Waals surface area contributed by atoms with Crippen LogP contribution in [0.25, 0.3) is 0 Å². The molecule has 0 radical (unpaired) electrons. The number of likely N-dealkylation sites (tertiary alicyclic amines) is 1. The van der Waals surface area contributed by atoms with Crippen molar-refractivity contribution in [1.82, 2.24) is 10.2 Å². The lowest BCUT2D eigenvalue weighted by atomic mass is 9.84. The normalized spacial score (nSPS) is 18.0. The zero-order valence-corrected chi connectivity index (χ0v) is 21.0. The van der Waals surface area contributed by atoms with Crippen molar-refractivity contribution in [2.45, 2.75) is 52.0 Å². The summed E-state index contributed by atoms with van der Waals surface area (Å²) in [5.41, 5.74) is 2.21. The second kappa shape index (κ2) is 13.3. The van der Waals surface area contributed by atoms with Crippen LogP contribution in [0, 0.1) is 11.7 Å².